The van der Waals surface area contributed by atoms with Crippen molar-refractivity contribution in [3.8, 4) is 0 Å². The second-order valence-electron chi connectivity index (χ2n) is 6.69. The van der Waals surface area contributed by atoms with E-state index in [9.17, 15) is 0 Å². The van der Waals surface area contributed by atoms with E-state index in [1.165, 1.54) is 5.56 Å². The number of ether oxygens (including phenoxy) is 1. The van der Waals surface area contributed by atoms with Gasteiger partial charge in [-0.05, 0) is 32.4 Å². The lowest BCUT2D eigenvalue weighted by molar-refractivity contribution is 0.0499. The monoisotopic (exact) mass is 247 g/mol. The molecule has 1 aromatic heterocycles. The van der Waals surface area contributed by atoms with Gasteiger partial charge in [0.1, 0.15) is 5.60 Å². The Bertz CT molecular complexity index is 421. The van der Waals surface area contributed by atoms with Crippen molar-refractivity contribution in [1.29, 1.82) is 0 Å². The van der Waals surface area contributed by atoms with E-state index in [1.807, 2.05) is 33.0 Å². The molecule has 1 aromatic rings. The Morgan fingerprint density at radius 1 is 1.22 bits per heavy atom. The maximum Gasteiger partial charge on any atom is 0.100 e. The fourth-order valence-corrected chi connectivity index (χ4v) is 1.94. The summed E-state index contributed by atoms with van der Waals surface area (Å²) in [5, 5.41) is 0. The van der Waals surface area contributed by atoms with Crippen molar-refractivity contribution in [2.45, 2.75) is 59.0 Å². The molecule has 0 radical (unpaired) electrons. The largest absolute Gasteiger partial charge is 0.493 e. The number of allylic oxidation sites excluding steroid dienone is 1. The second-order valence-corrected chi connectivity index (χ2v) is 6.69. The van der Waals surface area contributed by atoms with Crippen LogP contribution >= 0.6 is 0 Å². The highest BCUT2D eigenvalue weighted by Crippen LogP contribution is 2.26. The molecule has 1 heterocycles. The number of aromatic nitrogens is 1. The first-order valence-electron chi connectivity index (χ1n) is 6.41. The molecule has 0 atom stereocenters. The standard InChI is InChI=1S/C16H25NO/c1-12(18-16(5,6)7)11-13-9-8-10-17-14(13)15(2,3)4/h8-10H,1,11H2,2-7H3. The smallest absolute Gasteiger partial charge is 0.100 e. The maximum absolute atomic E-state index is 5.79. The lowest BCUT2D eigenvalue weighted by Gasteiger charge is -2.25. The van der Waals surface area contributed by atoms with Crippen LogP contribution in [-0.2, 0) is 16.6 Å². The predicted octanol–water partition coefficient (Wildman–Crippen LogP) is 4.25. The molecule has 0 aliphatic heterocycles. The van der Waals surface area contributed by atoms with E-state index in [1.54, 1.807) is 0 Å². The highest BCUT2D eigenvalue weighted by Gasteiger charge is 2.20. The Morgan fingerprint density at radius 3 is 2.33 bits per heavy atom. The molecule has 0 aromatic carbocycles. The van der Waals surface area contributed by atoms with Gasteiger partial charge in [-0.25, -0.2) is 0 Å². The molecule has 0 amide bonds. The Kier molecular flexibility index (Phi) is 4.20. The van der Waals surface area contributed by atoms with Crippen LogP contribution < -0.4 is 0 Å². The molecular weight excluding hydrogens is 222 g/mol. The average Bonchev–Trinajstić information content (AvgIpc) is 2.13. The van der Waals surface area contributed by atoms with Crippen molar-refractivity contribution in [3.05, 3.63) is 41.9 Å². The van der Waals surface area contributed by atoms with Crippen molar-refractivity contribution in [2.75, 3.05) is 0 Å². The van der Waals surface area contributed by atoms with E-state index in [4.69, 9.17) is 4.74 Å². The number of hydrogen-bond donors (Lipinski definition) is 0. The van der Waals surface area contributed by atoms with Crippen molar-refractivity contribution >= 4 is 0 Å². The Hall–Kier alpha value is -1.31. The number of rotatable bonds is 3. The summed E-state index contributed by atoms with van der Waals surface area (Å²) < 4.78 is 5.79. The van der Waals surface area contributed by atoms with Crippen LogP contribution in [0.5, 0.6) is 0 Å². The normalized spacial score (nSPS) is 12.3. The van der Waals surface area contributed by atoms with Gasteiger partial charge in [0.25, 0.3) is 0 Å². The third-order valence-corrected chi connectivity index (χ3v) is 2.44. The second kappa shape index (κ2) is 5.13. The Labute approximate surface area is 111 Å². The third-order valence-electron chi connectivity index (χ3n) is 2.44. The maximum atomic E-state index is 5.79. The van der Waals surface area contributed by atoms with Crippen LogP contribution in [0.2, 0.25) is 0 Å². The summed E-state index contributed by atoms with van der Waals surface area (Å²) in [7, 11) is 0. The minimum absolute atomic E-state index is 0.0403. The average molecular weight is 247 g/mol. The molecule has 18 heavy (non-hydrogen) atoms. The number of pyridine rings is 1. The first-order chi connectivity index (χ1) is 8.09. The zero-order valence-electron chi connectivity index (χ0n) is 12.5. The van der Waals surface area contributed by atoms with Gasteiger partial charge in [-0.15, -0.1) is 0 Å². The van der Waals surface area contributed by atoms with E-state index >= 15 is 0 Å². The molecule has 1 rings (SSSR count). The first-order valence-corrected chi connectivity index (χ1v) is 6.41. The van der Waals surface area contributed by atoms with E-state index in [0.717, 1.165) is 17.9 Å². The van der Waals surface area contributed by atoms with Gasteiger partial charge in [0, 0.05) is 23.7 Å². The van der Waals surface area contributed by atoms with Crippen LogP contribution in [0.25, 0.3) is 0 Å². The van der Waals surface area contributed by atoms with E-state index < -0.39 is 0 Å². The number of nitrogens with zero attached hydrogens (tertiary/aromatic N) is 1. The van der Waals surface area contributed by atoms with Gasteiger partial charge in [-0.1, -0.05) is 33.4 Å². The van der Waals surface area contributed by atoms with E-state index in [2.05, 4.69) is 38.4 Å². The SMILES string of the molecule is C=C(Cc1cccnc1C(C)(C)C)OC(C)(C)C. The molecule has 100 valence electrons. The van der Waals surface area contributed by atoms with Gasteiger partial charge < -0.3 is 4.74 Å². The summed E-state index contributed by atoms with van der Waals surface area (Å²) in [4.78, 5) is 4.50. The highest BCUT2D eigenvalue weighted by atomic mass is 16.5. The zero-order valence-corrected chi connectivity index (χ0v) is 12.5. The predicted molar refractivity (Wildman–Crippen MR) is 76.6 cm³/mol. The molecule has 0 unspecified atom stereocenters. The molecule has 0 spiro atoms. The molecule has 0 saturated carbocycles. The Morgan fingerprint density at radius 2 is 1.83 bits per heavy atom. The lowest BCUT2D eigenvalue weighted by Crippen LogP contribution is -2.21. The van der Waals surface area contributed by atoms with Crippen LogP contribution in [0.4, 0.5) is 0 Å². The van der Waals surface area contributed by atoms with Gasteiger partial charge >= 0.3 is 0 Å². The molecular formula is C16H25NO. The van der Waals surface area contributed by atoms with Crippen molar-refractivity contribution in [1.82, 2.24) is 4.98 Å². The van der Waals surface area contributed by atoms with Crippen LogP contribution in [0.1, 0.15) is 52.8 Å². The Balaban J connectivity index is 2.89. The minimum Gasteiger partial charge on any atom is -0.493 e. The van der Waals surface area contributed by atoms with Gasteiger partial charge in [-0.2, -0.15) is 0 Å². The highest BCUT2D eigenvalue weighted by molar-refractivity contribution is 5.28. The van der Waals surface area contributed by atoms with E-state index in [0.29, 0.717) is 0 Å². The minimum atomic E-state index is -0.193. The third kappa shape index (κ3) is 4.52. The lowest BCUT2D eigenvalue weighted by atomic mass is 9.87. The van der Waals surface area contributed by atoms with Gasteiger partial charge in [0.2, 0.25) is 0 Å². The topological polar surface area (TPSA) is 22.1 Å². The van der Waals surface area contributed by atoms with Crippen molar-refractivity contribution < 1.29 is 4.74 Å². The summed E-state index contributed by atoms with van der Waals surface area (Å²) in [6.45, 7) is 16.6. The summed E-state index contributed by atoms with van der Waals surface area (Å²) in [5.74, 6) is 0.793. The van der Waals surface area contributed by atoms with E-state index in [-0.39, 0.29) is 11.0 Å². The van der Waals surface area contributed by atoms with Gasteiger partial charge in [-0.3, -0.25) is 4.98 Å². The summed E-state index contributed by atoms with van der Waals surface area (Å²) >= 11 is 0. The van der Waals surface area contributed by atoms with Crippen LogP contribution in [-0.4, -0.2) is 10.6 Å². The molecule has 0 bridgehead atoms. The molecule has 0 aliphatic carbocycles. The summed E-state index contributed by atoms with van der Waals surface area (Å²) in [6.07, 6.45) is 2.56. The van der Waals surface area contributed by atoms with Crippen LogP contribution in [0.15, 0.2) is 30.7 Å². The van der Waals surface area contributed by atoms with Gasteiger partial charge in [0.15, 0.2) is 0 Å². The van der Waals surface area contributed by atoms with Crippen LogP contribution in [0.3, 0.4) is 0 Å². The summed E-state index contributed by atoms with van der Waals surface area (Å²) in [6, 6.07) is 4.07. The number of hydrogen-bond acceptors (Lipinski definition) is 2. The van der Waals surface area contributed by atoms with Crippen LogP contribution in [0, 0.1) is 0 Å². The molecule has 0 fully saturated rings. The molecule has 0 saturated heterocycles. The van der Waals surface area contributed by atoms with Gasteiger partial charge in [0.05, 0.1) is 5.76 Å². The fraction of sp³-hybridized carbons (Fsp3) is 0.562. The van der Waals surface area contributed by atoms with Crippen molar-refractivity contribution in [3.63, 3.8) is 0 Å². The molecule has 2 nitrogen and oxygen atoms in total. The fourth-order valence-electron chi connectivity index (χ4n) is 1.94. The van der Waals surface area contributed by atoms with Crippen molar-refractivity contribution in [2.24, 2.45) is 0 Å². The quantitative estimate of drug-likeness (QED) is 0.745. The molecule has 0 N–H and O–H groups in total. The summed E-state index contributed by atoms with van der Waals surface area (Å²) in [5.41, 5.74) is 2.16. The molecule has 2 heteroatoms. The zero-order chi connectivity index (χ0) is 14.0. The first kappa shape index (κ1) is 14.7. The molecule has 0 aliphatic rings.